The second-order valence-electron chi connectivity index (χ2n) is 5.17. The molecule has 0 saturated carbocycles. The van der Waals surface area contributed by atoms with E-state index >= 15 is 0 Å². The van der Waals surface area contributed by atoms with Gasteiger partial charge in [-0.2, -0.15) is 0 Å². The third-order valence-electron chi connectivity index (χ3n) is 3.55. The van der Waals surface area contributed by atoms with Gasteiger partial charge in [-0.3, -0.25) is 4.90 Å². The molecule has 1 aliphatic heterocycles. The Morgan fingerprint density at radius 1 is 1.56 bits per heavy atom. The Bertz CT molecular complexity index is 438. The maximum Gasteiger partial charge on any atom is 0.177 e. The fourth-order valence-electron chi connectivity index (χ4n) is 2.46. The number of likely N-dealkylation sites (N-methyl/N-ethyl adjacent to an activating group) is 1. The number of hydrogen-bond donors (Lipinski definition) is 1. The van der Waals surface area contributed by atoms with Crippen LogP contribution in [0.4, 0.5) is 0 Å². The lowest BCUT2D eigenvalue weighted by Crippen LogP contribution is -2.44. The summed E-state index contributed by atoms with van der Waals surface area (Å²) in [5, 5.41) is 0. The maximum absolute atomic E-state index is 5.85. The number of hydrogen-bond acceptors (Lipinski definition) is 3. The van der Waals surface area contributed by atoms with Crippen LogP contribution < -0.4 is 0 Å². The fourth-order valence-corrected chi connectivity index (χ4v) is 2.70. The molecule has 0 aromatic carbocycles. The van der Waals surface area contributed by atoms with E-state index in [0.29, 0.717) is 5.92 Å². The minimum Gasteiger partial charge on any atom is -0.374 e. The third-order valence-corrected chi connectivity index (χ3v) is 3.89. The summed E-state index contributed by atoms with van der Waals surface area (Å²) in [5.74, 6) is 0.476. The molecule has 1 fully saturated rings. The molecule has 4 nitrogen and oxygen atoms in total. The highest BCUT2D eigenvalue weighted by atomic mass is 32.1. The number of aromatic amines is 1. The molecule has 18 heavy (non-hydrogen) atoms. The van der Waals surface area contributed by atoms with Crippen LogP contribution in [-0.2, 0) is 11.3 Å². The second kappa shape index (κ2) is 5.99. The summed E-state index contributed by atoms with van der Waals surface area (Å²) in [7, 11) is 0. The van der Waals surface area contributed by atoms with Gasteiger partial charge in [0.05, 0.1) is 19.3 Å². The van der Waals surface area contributed by atoms with Gasteiger partial charge < -0.3 is 14.3 Å². The molecule has 102 valence electrons. The van der Waals surface area contributed by atoms with Crippen LogP contribution in [0.5, 0.6) is 0 Å². The minimum atomic E-state index is 0.249. The van der Waals surface area contributed by atoms with Crippen molar-refractivity contribution in [3.63, 3.8) is 0 Å². The largest absolute Gasteiger partial charge is 0.374 e. The van der Waals surface area contributed by atoms with Crippen LogP contribution in [0.2, 0.25) is 0 Å². The van der Waals surface area contributed by atoms with Gasteiger partial charge in [0.25, 0.3) is 0 Å². The van der Waals surface area contributed by atoms with E-state index in [-0.39, 0.29) is 6.10 Å². The maximum atomic E-state index is 5.85. The molecule has 2 rings (SSSR count). The summed E-state index contributed by atoms with van der Waals surface area (Å²) >= 11 is 5.36. The Morgan fingerprint density at radius 3 is 3.00 bits per heavy atom. The molecule has 2 heterocycles. The van der Waals surface area contributed by atoms with Crippen molar-refractivity contribution in [3.8, 4) is 0 Å². The van der Waals surface area contributed by atoms with Crippen molar-refractivity contribution in [1.29, 1.82) is 0 Å². The summed E-state index contributed by atoms with van der Waals surface area (Å²) in [6, 6.07) is 0. The number of imidazole rings is 1. The van der Waals surface area contributed by atoms with E-state index in [2.05, 4.69) is 35.2 Å². The highest BCUT2D eigenvalue weighted by molar-refractivity contribution is 7.71. The first-order chi connectivity index (χ1) is 8.61. The van der Waals surface area contributed by atoms with Gasteiger partial charge in [0, 0.05) is 25.0 Å². The standard InChI is InChI=1S/C13H23N3OS/c1-4-15-5-6-17-11(8-15)9-16-12(10(2)3)7-14-13(16)18/h7,10-11H,4-6,8-9H2,1-3H3,(H,14,18). The molecule has 1 aliphatic rings. The second-order valence-corrected chi connectivity index (χ2v) is 5.56. The molecule has 0 radical (unpaired) electrons. The van der Waals surface area contributed by atoms with Crippen LogP contribution in [-0.4, -0.2) is 46.8 Å². The van der Waals surface area contributed by atoms with Gasteiger partial charge in [-0.15, -0.1) is 0 Å². The van der Waals surface area contributed by atoms with E-state index < -0.39 is 0 Å². The van der Waals surface area contributed by atoms with Gasteiger partial charge in [0.15, 0.2) is 4.77 Å². The molecule has 0 spiro atoms. The number of nitrogens with zero attached hydrogens (tertiary/aromatic N) is 2. The quantitative estimate of drug-likeness (QED) is 0.852. The number of morpholine rings is 1. The van der Waals surface area contributed by atoms with Gasteiger partial charge >= 0.3 is 0 Å². The predicted molar refractivity (Wildman–Crippen MR) is 75.6 cm³/mol. The fraction of sp³-hybridized carbons (Fsp3) is 0.769. The van der Waals surface area contributed by atoms with Crippen molar-refractivity contribution in [2.75, 3.05) is 26.2 Å². The number of rotatable bonds is 4. The van der Waals surface area contributed by atoms with E-state index in [9.17, 15) is 0 Å². The molecule has 0 bridgehead atoms. The predicted octanol–water partition coefficient (Wildman–Crippen LogP) is 2.39. The van der Waals surface area contributed by atoms with Crippen LogP contribution in [0.15, 0.2) is 6.20 Å². The number of aromatic nitrogens is 2. The lowest BCUT2D eigenvalue weighted by molar-refractivity contribution is -0.0348. The monoisotopic (exact) mass is 269 g/mol. The van der Waals surface area contributed by atoms with E-state index in [1.807, 2.05) is 6.20 Å². The highest BCUT2D eigenvalue weighted by Gasteiger charge is 2.21. The van der Waals surface area contributed by atoms with Crippen molar-refractivity contribution >= 4 is 12.2 Å². The van der Waals surface area contributed by atoms with Crippen LogP contribution in [0.1, 0.15) is 32.4 Å². The summed E-state index contributed by atoms with van der Waals surface area (Å²) in [6.07, 6.45) is 2.27. The van der Waals surface area contributed by atoms with Gasteiger partial charge in [0.2, 0.25) is 0 Å². The van der Waals surface area contributed by atoms with Crippen molar-refractivity contribution in [2.24, 2.45) is 0 Å². The highest BCUT2D eigenvalue weighted by Crippen LogP contribution is 2.16. The first-order valence-electron chi connectivity index (χ1n) is 6.73. The van der Waals surface area contributed by atoms with Gasteiger partial charge in [0.1, 0.15) is 0 Å². The summed E-state index contributed by atoms with van der Waals surface area (Å²) in [4.78, 5) is 5.57. The Kier molecular flexibility index (Phi) is 4.59. The molecule has 1 unspecified atom stereocenters. The van der Waals surface area contributed by atoms with Gasteiger partial charge in [-0.25, -0.2) is 0 Å². The van der Waals surface area contributed by atoms with E-state index in [1.165, 1.54) is 5.69 Å². The molecule has 5 heteroatoms. The summed E-state index contributed by atoms with van der Waals surface area (Å²) in [6.45, 7) is 11.4. The van der Waals surface area contributed by atoms with Crippen LogP contribution in [0.25, 0.3) is 0 Å². The van der Waals surface area contributed by atoms with Crippen molar-refractivity contribution in [3.05, 3.63) is 16.7 Å². The lowest BCUT2D eigenvalue weighted by atomic mass is 10.1. The molecule has 1 saturated heterocycles. The average Bonchev–Trinajstić information content (AvgIpc) is 2.71. The molecule has 1 aromatic heterocycles. The molecule has 0 amide bonds. The molecular weight excluding hydrogens is 246 g/mol. The third kappa shape index (κ3) is 3.02. The number of nitrogens with one attached hydrogen (secondary N) is 1. The first kappa shape index (κ1) is 13.8. The van der Waals surface area contributed by atoms with Crippen LogP contribution >= 0.6 is 12.2 Å². The Morgan fingerprint density at radius 2 is 2.33 bits per heavy atom. The SMILES string of the molecule is CCN1CCOC(Cn2c(C(C)C)c[nH]c2=S)C1. The molecule has 1 atom stereocenters. The summed E-state index contributed by atoms with van der Waals surface area (Å²) < 4.78 is 8.84. The topological polar surface area (TPSA) is 33.2 Å². The van der Waals surface area contributed by atoms with Gasteiger partial charge in [-0.1, -0.05) is 20.8 Å². The zero-order valence-corrected chi connectivity index (χ0v) is 12.3. The van der Waals surface area contributed by atoms with E-state index in [0.717, 1.165) is 37.6 Å². The molecule has 1 aromatic rings. The van der Waals surface area contributed by atoms with Crippen LogP contribution in [0, 0.1) is 4.77 Å². The van der Waals surface area contributed by atoms with Crippen LogP contribution in [0.3, 0.4) is 0 Å². The molecule has 1 N–H and O–H groups in total. The summed E-state index contributed by atoms with van der Waals surface area (Å²) in [5.41, 5.74) is 1.26. The smallest absolute Gasteiger partial charge is 0.177 e. The van der Waals surface area contributed by atoms with E-state index in [4.69, 9.17) is 17.0 Å². The number of H-pyrrole nitrogens is 1. The minimum absolute atomic E-state index is 0.249. The number of ether oxygens (including phenoxy) is 1. The lowest BCUT2D eigenvalue weighted by Gasteiger charge is -2.32. The zero-order valence-electron chi connectivity index (χ0n) is 11.5. The van der Waals surface area contributed by atoms with E-state index in [1.54, 1.807) is 0 Å². The molecule has 0 aliphatic carbocycles. The van der Waals surface area contributed by atoms with Gasteiger partial charge in [-0.05, 0) is 24.7 Å². The van der Waals surface area contributed by atoms with Crippen molar-refractivity contribution in [1.82, 2.24) is 14.5 Å². The first-order valence-corrected chi connectivity index (χ1v) is 7.14. The molecular formula is C13H23N3OS. The Balaban J connectivity index is 2.09. The Hall–Kier alpha value is -0.650. The van der Waals surface area contributed by atoms with Crippen molar-refractivity contribution in [2.45, 2.75) is 39.3 Å². The normalized spacial score (nSPS) is 21.7. The average molecular weight is 269 g/mol. The van der Waals surface area contributed by atoms with Crippen molar-refractivity contribution < 1.29 is 4.74 Å². The Labute approximate surface area is 114 Å². The zero-order chi connectivity index (χ0) is 13.1.